The lowest BCUT2D eigenvalue weighted by Crippen LogP contribution is -2.75. The van der Waals surface area contributed by atoms with Gasteiger partial charge in [-0.1, -0.05) is 39.0 Å². The molecule has 2 amide bonds. The van der Waals surface area contributed by atoms with Crippen LogP contribution in [0.15, 0.2) is 0 Å². The van der Waals surface area contributed by atoms with Crippen molar-refractivity contribution in [2.75, 3.05) is 33.9 Å². The Morgan fingerprint density at radius 1 is 0.950 bits per heavy atom. The van der Waals surface area contributed by atoms with Gasteiger partial charge in [-0.15, -0.1) is 0 Å². The van der Waals surface area contributed by atoms with Crippen molar-refractivity contribution < 1.29 is 19.1 Å². The molecule has 0 aromatic carbocycles. The van der Waals surface area contributed by atoms with Gasteiger partial charge in [0.25, 0.3) is 0 Å². The van der Waals surface area contributed by atoms with E-state index >= 15 is 0 Å². The predicted octanol–water partition coefficient (Wildman–Crippen LogP) is 3.03. The normalized spacial score (nSPS) is 39.5. The Balaban J connectivity index is 1.27. The van der Waals surface area contributed by atoms with E-state index in [4.69, 9.17) is 15.2 Å². The largest absolute Gasteiger partial charge is 0.379 e. The van der Waals surface area contributed by atoms with Crippen LogP contribution in [0.5, 0.6) is 0 Å². The highest BCUT2D eigenvalue weighted by Crippen LogP contribution is 2.39. The van der Waals surface area contributed by atoms with Crippen molar-refractivity contribution in [1.29, 1.82) is 0 Å². The monoisotopic (exact) mass is 561 g/mol. The van der Waals surface area contributed by atoms with Gasteiger partial charge in [0, 0.05) is 33.9 Å². The van der Waals surface area contributed by atoms with Gasteiger partial charge in [-0.2, -0.15) is 0 Å². The molecule has 3 aliphatic heterocycles. The summed E-state index contributed by atoms with van der Waals surface area (Å²) in [7, 11) is 3.54. The number of fused-ring (bicyclic) bond motifs is 2. The van der Waals surface area contributed by atoms with Crippen LogP contribution in [0.1, 0.15) is 90.4 Å². The van der Waals surface area contributed by atoms with Crippen molar-refractivity contribution in [1.82, 2.24) is 20.4 Å². The molecule has 9 heteroatoms. The van der Waals surface area contributed by atoms with Crippen LogP contribution in [-0.4, -0.2) is 86.2 Å². The lowest BCUT2D eigenvalue weighted by atomic mass is 9.78. The van der Waals surface area contributed by atoms with E-state index in [1.807, 2.05) is 0 Å². The number of rotatable bonds is 9. The molecule has 9 atom stereocenters. The van der Waals surface area contributed by atoms with Gasteiger partial charge < -0.3 is 25.4 Å². The van der Waals surface area contributed by atoms with E-state index < -0.39 is 6.17 Å². The number of nitrogens with one attached hydrogen (secondary N) is 2. The maximum Gasteiger partial charge on any atom is 0.229 e. The molecular formula is C31H55N5O4. The minimum Gasteiger partial charge on any atom is -0.379 e. The van der Waals surface area contributed by atoms with Gasteiger partial charge in [0.2, 0.25) is 11.8 Å². The molecule has 5 fully saturated rings. The molecule has 228 valence electrons. The van der Waals surface area contributed by atoms with Crippen molar-refractivity contribution in [3.05, 3.63) is 0 Å². The Kier molecular flexibility index (Phi) is 10.4. The lowest BCUT2D eigenvalue weighted by Gasteiger charge is -2.56. The van der Waals surface area contributed by atoms with Crippen LogP contribution < -0.4 is 16.4 Å². The molecule has 0 aromatic heterocycles. The minimum absolute atomic E-state index is 0.0220. The number of nitrogens with zero attached hydrogens (tertiary/aromatic N) is 2. The Hall–Kier alpha value is -1.26. The lowest BCUT2D eigenvalue weighted by molar-refractivity contribution is -0.165. The smallest absolute Gasteiger partial charge is 0.229 e. The predicted molar refractivity (Wildman–Crippen MR) is 155 cm³/mol. The van der Waals surface area contributed by atoms with Crippen LogP contribution >= 0.6 is 0 Å². The molecule has 0 spiro atoms. The third kappa shape index (κ3) is 6.54. The maximum absolute atomic E-state index is 13.9. The fraction of sp³-hybridized carbons (Fsp3) is 0.935. The number of piperidine rings is 2. The van der Waals surface area contributed by atoms with E-state index in [-0.39, 0.29) is 48.2 Å². The first-order valence-electron chi connectivity index (χ1n) is 16.3. The summed E-state index contributed by atoms with van der Waals surface area (Å²) in [6, 6.07) is 0. The second-order valence-corrected chi connectivity index (χ2v) is 13.5. The van der Waals surface area contributed by atoms with E-state index in [1.54, 1.807) is 14.2 Å². The van der Waals surface area contributed by atoms with Crippen molar-refractivity contribution in [2.45, 2.75) is 121 Å². The Bertz CT molecular complexity index is 854. The third-order valence-electron chi connectivity index (χ3n) is 11.1. The molecule has 2 aliphatic carbocycles. The molecule has 5 aliphatic rings. The molecule has 2 saturated carbocycles. The quantitative estimate of drug-likeness (QED) is 0.397. The summed E-state index contributed by atoms with van der Waals surface area (Å²) >= 11 is 0. The number of nitrogens with two attached hydrogens (primary N) is 1. The highest BCUT2D eigenvalue weighted by molar-refractivity contribution is 5.84. The van der Waals surface area contributed by atoms with Crippen LogP contribution in [0.4, 0.5) is 0 Å². The van der Waals surface area contributed by atoms with E-state index in [0.717, 1.165) is 64.0 Å². The SMILES string of the molecule is COC1CCC(CCN2C(N)C(C(=O)NCCC3CCCCC3)CC3C(=O)N4CCCC(C)C4NC32)CC1OC. The van der Waals surface area contributed by atoms with Gasteiger partial charge in [-0.25, -0.2) is 0 Å². The number of hydrogen-bond donors (Lipinski definition) is 3. The fourth-order valence-corrected chi connectivity index (χ4v) is 8.57. The average Bonchev–Trinajstić information content (AvgIpc) is 2.97. The summed E-state index contributed by atoms with van der Waals surface area (Å²) < 4.78 is 11.4. The number of amides is 2. The van der Waals surface area contributed by atoms with Crippen molar-refractivity contribution in [3.63, 3.8) is 0 Å². The molecular weight excluding hydrogens is 506 g/mol. The number of methoxy groups -OCH3 is 2. The van der Waals surface area contributed by atoms with Gasteiger partial charge in [0.1, 0.15) is 0 Å². The van der Waals surface area contributed by atoms with Crippen LogP contribution in [0.25, 0.3) is 0 Å². The summed E-state index contributed by atoms with van der Waals surface area (Å²) in [4.78, 5) is 31.8. The second kappa shape index (κ2) is 13.8. The molecule has 4 N–H and O–H groups in total. The molecule has 0 aromatic rings. The van der Waals surface area contributed by atoms with Crippen LogP contribution in [-0.2, 0) is 19.1 Å². The van der Waals surface area contributed by atoms with Crippen LogP contribution in [0, 0.1) is 29.6 Å². The molecule has 3 heterocycles. The van der Waals surface area contributed by atoms with E-state index in [2.05, 4.69) is 27.4 Å². The highest BCUT2D eigenvalue weighted by Gasteiger charge is 2.53. The van der Waals surface area contributed by atoms with Crippen molar-refractivity contribution in [3.8, 4) is 0 Å². The standard InChI is InChI=1S/C31H55N5O4/c1-20-8-7-16-36-28(20)34-29-24(31(36)38)19-23(30(37)33-15-13-21-9-5-4-6-10-21)27(32)35(29)17-14-22-11-12-25(39-2)26(18-22)40-3/h20-29,34H,4-19,32H2,1-3H3,(H,33,37). The Morgan fingerprint density at radius 2 is 1.73 bits per heavy atom. The van der Waals surface area contributed by atoms with Gasteiger partial charge in [0.05, 0.1) is 42.5 Å². The summed E-state index contributed by atoms with van der Waals surface area (Å²) in [6.45, 7) is 4.52. The summed E-state index contributed by atoms with van der Waals surface area (Å²) in [5.41, 5.74) is 6.96. The topological polar surface area (TPSA) is 109 Å². The van der Waals surface area contributed by atoms with Gasteiger partial charge >= 0.3 is 0 Å². The van der Waals surface area contributed by atoms with Gasteiger partial charge in [0.15, 0.2) is 0 Å². The second-order valence-electron chi connectivity index (χ2n) is 13.5. The molecule has 9 unspecified atom stereocenters. The first-order valence-corrected chi connectivity index (χ1v) is 16.3. The number of likely N-dealkylation sites (tertiary alicyclic amines) is 1. The summed E-state index contributed by atoms with van der Waals surface area (Å²) in [5.74, 6) is 1.24. The maximum atomic E-state index is 13.9. The summed E-state index contributed by atoms with van der Waals surface area (Å²) in [6.07, 6.45) is 14.1. The van der Waals surface area contributed by atoms with E-state index in [1.165, 1.54) is 32.1 Å². The zero-order valence-corrected chi connectivity index (χ0v) is 25.2. The van der Waals surface area contributed by atoms with Crippen molar-refractivity contribution >= 4 is 11.8 Å². The number of carbonyl (C=O) groups excluding carboxylic acids is 2. The Morgan fingerprint density at radius 3 is 2.48 bits per heavy atom. The van der Waals surface area contributed by atoms with Crippen molar-refractivity contribution in [2.24, 2.45) is 35.3 Å². The number of hydrogen-bond acceptors (Lipinski definition) is 7. The van der Waals surface area contributed by atoms with Crippen LogP contribution in [0.2, 0.25) is 0 Å². The van der Waals surface area contributed by atoms with E-state index in [9.17, 15) is 9.59 Å². The zero-order chi connectivity index (χ0) is 28.2. The number of carbonyl (C=O) groups is 2. The molecule has 3 saturated heterocycles. The average molecular weight is 562 g/mol. The molecule has 9 nitrogen and oxygen atoms in total. The number of ether oxygens (including phenoxy) is 2. The molecule has 0 bridgehead atoms. The Labute approximate surface area is 241 Å². The first-order chi connectivity index (χ1) is 19.4. The third-order valence-corrected chi connectivity index (χ3v) is 11.1. The molecule has 40 heavy (non-hydrogen) atoms. The zero-order valence-electron chi connectivity index (χ0n) is 25.2. The van der Waals surface area contributed by atoms with Gasteiger partial charge in [-0.05, 0) is 69.1 Å². The minimum atomic E-state index is -0.407. The summed E-state index contributed by atoms with van der Waals surface area (Å²) in [5, 5.41) is 7.10. The fourth-order valence-electron chi connectivity index (χ4n) is 8.57. The first kappa shape index (κ1) is 30.2. The van der Waals surface area contributed by atoms with E-state index in [0.29, 0.717) is 24.8 Å². The van der Waals surface area contributed by atoms with Gasteiger partial charge in [-0.3, -0.25) is 19.8 Å². The molecule has 5 rings (SSSR count). The molecule has 0 radical (unpaired) electrons. The van der Waals surface area contributed by atoms with Crippen LogP contribution in [0.3, 0.4) is 0 Å². The highest BCUT2D eigenvalue weighted by atomic mass is 16.5.